The first kappa shape index (κ1) is 27.6. The smallest absolute Gasteiger partial charge is 0.433 e. The summed E-state index contributed by atoms with van der Waals surface area (Å²) in [5.41, 5.74) is 0.989. The monoisotopic (exact) mass is 528 g/mol. The molecule has 0 aliphatic heterocycles. The average molecular weight is 529 g/mol. The Morgan fingerprint density at radius 3 is 2.32 bits per heavy atom. The fourth-order valence-corrected chi connectivity index (χ4v) is 4.48. The number of alkyl halides is 3. The number of rotatable bonds is 9. The van der Waals surface area contributed by atoms with Crippen LogP contribution < -0.4 is 14.2 Å². The molecule has 0 aliphatic carbocycles. The molecule has 0 amide bonds. The van der Waals surface area contributed by atoms with Crippen molar-refractivity contribution < 1.29 is 32.2 Å². The number of hydrogen-bond donors (Lipinski definition) is 0. The van der Waals surface area contributed by atoms with Crippen molar-refractivity contribution in [1.29, 1.82) is 5.26 Å². The van der Waals surface area contributed by atoms with Crippen LogP contribution in [0.3, 0.4) is 0 Å². The second kappa shape index (κ2) is 11.8. The first-order valence-electron chi connectivity index (χ1n) is 10.8. The average Bonchev–Trinajstić information content (AvgIpc) is 2.89. The van der Waals surface area contributed by atoms with Crippen LogP contribution in [0, 0.1) is 18.3 Å². The van der Waals surface area contributed by atoms with Crippen molar-refractivity contribution in [2.45, 2.75) is 23.9 Å². The highest BCUT2D eigenvalue weighted by Crippen LogP contribution is 2.35. The summed E-state index contributed by atoms with van der Waals surface area (Å²) in [7, 11) is 4.46. The topological polar surface area (TPSA) is 81.4 Å². The molecular weight excluding hydrogens is 505 g/mol. The van der Waals surface area contributed by atoms with Crippen molar-refractivity contribution in [2.24, 2.45) is 0 Å². The van der Waals surface area contributed by atoms with Crippen molar-refractivity contribution in [3.8, 4) is 23.3 Å². The number of carbonyl (C=O) groups is 1. The summed E-state index contributed by atoms with van der Waals surface area (Å²) in [5.74, 6) is 1.38. The van der Waals surface area contributed by atoms with E-state index in [0.29, 0.717) is 33.9 Å². The molecule has 1 heterocycles. The van der Waals surface area contributed by atoms with E-state index in [1.807, 2.05) is 6.07 Å². The van der Waals surface area contributed by atoms with Gasteiger partial charge in [-0.15, -0.1) is 11.8 Å². The van der Waals surface area contributed by atoms with Crippen molar-refractivity contribution in [2.75, 3.05) is 21.3 Å². The maximum atomic E-state index is 13.2. The zero-order chi connectivity index (χ0) is 27.2. The molecule has 0 radical (unpaired) electrons. The van der Waals surface area contributed by atoms with Gasteiger partial charge in [-0.25, -0.2) is 4.98 Å². The third kappa shape index (κ3) is 6.62. The Balaban J connectivity index is 1.85. The highest BCUT2D eigenvalue weighted by molar-refractivity contribution is 7.98. The normalized spacial score (nSPS) is 11.3. The molecule has 3 rings (SSSR count). The lowest BCUT2D eigenvalue weighted by Crippen LogP contribution is -2.10. The van der Waals surface area contributed by atoms with Gasteiger partial charge in [0.25, 0.3) is 0 Å². The fraction of sp³-hybridized carbons (Fsp3) is 0.222. The number of ketones is 1. The van der Waals surface area contributed by atoms with Crippen LogP contribution in [-0.2, 0) is 11.9 Å². The number of benzene rings is 2. The molecule has 0 unspecified atom stereocenters. The Labute approximate surface area is 216 Å². The van der Waals surface area contributed by atoms with Gasteiger partial charge in [0.2, 0.25) is 0 Å². The summed E-state index contributed by atoms with van der Waals surface area (Å²) in [6, 6.07) is 12.9. The predicted molar refractivity (Wildman–Crippen MR) is 134 cm³/mol. The lowest BCUT2D eigenvalue weighted by atomic mass is 10.1. The number of nitriles is 1. The molecule has 0 saturated carbocycles. The molecule has 10 heteroatoms. The molecule has 3 aromatic rings. The van der Waals surface area contributed by atoms with Crippen molar-refractivity contribution in [1.82, 2.24) is 4.98 Å². The van der Waals surface area contributed by atoms with Crippen molar-refractivity contribution in [3.05, 3.63) is 82.1 Å². The Bertz CT molecular complexity index is 1380. The predicted octanol–water partition coefficient (Wildman–Crippen LogP) is 6.49. The molecule has 37 heavy (non-hydrogen) atoms. The van der Waals surface area contributed by atoms with Gasteiger partial charge in [-0.2, -0.15) is 18.4 Å². The van der Waals surface area contributed by atoms with Crippen LogP contribution in [0.25, 0.3) is 6.08 Å². The molecular formula is C27H23F3N2O4S. The molecule has 0 fully saturated rings. The highest BCUT2D eigenvalue weighted by atomic mass is 32.2. The van der Waals surface area contributed by atoms with Gasteiger partial charge in [-0.1, -0.05) is 12.1 Å². The summed E-state index contributed by atoms with van der Waals surface area (Å²) < 4.78 is 55.6. The van der Waals surface area contributed by atoms with Crippen LogP contribution in [0.5, 0.6) is 17.2 Å². The number of aromatic nitrogens is 1. The molecule has 0 spiro atoms. The van der Waals surface area contributed by atoms with E-state index in [0.717, 1.165) is 17.8 Å². The summed E-state index contributed by atoms with van der Waals surface area (Å²) in [5, 5.41) is 9.44. The second-order valence-electron chi connectivity index (χ2n) is 7.74. The minimum atomic E-state index is -4.63. The Kier molecular flexibility index (Phi) is 8.84. The van der Waals surface area contributed by atoms with Crippen LogP contribution in [0.1, 0.15) is 38.3 Å². The SMILES string of the molecule is COc1ccc(/C=C/C(=O)c2ccc(OC)c(OC)c2)cc1CSc1nc(C(F)(F)F)cc(C)c1C#N. The molecule has 0 aliphatic rings. The Morgan fingerprint density at radius 2 is 1.70 bits per heavy atom. The first-order chi connectivity index (χ1) is 17.6. The Morgan fingerprint density at radius 1 is 1.03 bits per heavy atom. The lowest BCUT2D eigenvalue weighted by molar-refractivity contribution is -0.141. The Hall–Kier alpha value is -3.97. The highest BCUT2D eigenvalue weighted by Gasteiger charge is 2.34. The summed E-state index contributed by atoms with van der Waals surface area (Å²) in [6.45, 7) is 1.45. The molecule has 0 bridgehead atoms. The van der Waals surface area contributed by atoms with Crippen LogP contribution in [-0.4, -0.2) is 32.1 Å². The summed E-state index contributed by atoms with van der Waals surface area (Å²) >= 11 is 1.01. The van der Waals surface area contributed by atoms with E-state index in [2.05, 4.69) is 4.98 Å². The summed E-state index contributed by atoms with van der Waals surface area (Å²) in [6.07, 6.45) is -1.59. The number of ether oxygens (including phenoxy) is 3. The van der Waals surface area contributed by atoms with Gasteiger partial charge in [0.1, 0.15) is 22.5 Å². The summed E-state index contributed by atoms with van der Waals surface area (Å²) in [4.78, 5) is 16.4. The molecule has 2 aromatic carbocycles. The molecule has 0 atom stereocenters. The van der Waals surface area contributed by atoms with E-state index < -0.39 is 11.9 Å². The number of pyridine rings is 1. The molecule has 0 N–H and O–H groups in total. The van der Waals surface area contributed by atoms with E-state index in [1.165, 1.54) is 34.3 Å². The number of halogens is 3. The minimum Gasteiger partial charge on any atom is -0.496 e. The van der Waals surface area contributed by atoms with E-state index in [-0.39, 0.29) is 27.7 Å². The maximum Gasteiger partial charge on any atom is 0.433 e. The van der Waals surface area contributed by atoms with E-state index in [4.69, 9.17) is 14.2 Å². The number of carbonyl (C=O) groups excluding carboxylic acids is 1. The zero-order valence-electron chi connectivity index (χ0n) is 20.5. The first-order valence-corrected chi connectivity index (χ1v) is 11.8. The minimum absolute atomic E-state index is 0.0125. The number of nitrogens with zero attached hydrogens (tertiary/aromatic N) is 2. The number of aryl methyl sites for hydroxylation is 1. The van der Waals surface area contributed by atoms with Gasteiger partial charge >= 0.3 is 6.18 Å². The lowest BCUT2D eigenvalue weighted by Gasteiger charge is -2.13. The number of hydrogen-bond acceptors (Lipinski definition) is 7. The largest absolute Gasteiger partial charge is 0.496 e. The van der Waals surface area contributed by atoms with E-state index in [1.54, 1.807) is 42.5 Å². The fourth-order valence-electron chi connectivity index (χ4n) is 3.45. The maximum absolute atomic E-state index is 13.2. The van der Waals surface area contributed by atoms with Crippen LogP contribution >= 0.6 is 11.8 Å². The van der Waals surface area contributed by atoms with Crippen LogP contribution in [0.4, 0.5) is 13.2 Å². The molecule has 0 saturated heterocycles. The third-order valence-electron chi connectivity index (χ3n) is 5.35. The van der Waals surface area contributed by atoms with Gasteiger partial charge in [-0.05, 0) is 60.5 Å². The van der Waals surface area contributed by atoms with Gasteiger partial charge in [0.05, 0.1) is 26.9 Å². The van der Waals surface area contributed by atoms with E-state index >= 15 is 0 Å². The second-order valence-corrected chi connectivity index (χ2v) is 8.71. The van der Waals surface area contributed by atoms with Gasteiger partial charge in [0.15, 0.2) is 17.3 Å². The molecule has 192 valence electrons. The van der Waals surface area contributed by atoms with Crippen molar-refractivity contribution >= 4 is 23.6 Å². The number of methoxy groups -OCH3 is 3. The van der Waals surface area contributed by atoms with Gasteiger partial charge in [-0.3, -0.25) is 4.79 Å². The molecule has 1 aromatic heterocycles. The standard InChI is InChI=1S/C27H23F3N2O4S/c1-16-11-25(27(28,29)30)32-26(20(16)14-31)37-15-19-12-17(6-9-22(19)34-2)5-8-21(33)18-7-10-23(35-3)24(13-18)36-4/h5-13H,15H2,1-4H3/b8-5+. The number of thioether (sulfide) groups is 1. The molecule has 6 nitrogen and oxygen atoms in total. The van der Waals surface area contributed by atoms with Crippen molar-refractivity contribution in [3.63, 3.8) is 0 Å². The third-order valence-corrected chi connectivity index (χ3v) is 6.37. The van der Waals surface area contributed by atoms with Crippen LogP contribution in [0.2, 0.25) is 0 Å². The zero-order valence-corrected chi connectivity index (χ0v) is 21.3. The van der Waals surface area contributed by atoms with Gasteiger partial charge < -0.3 is 14.2 Å². The van der Waals surface area contributed by atoms with Crippen LogP contribution in [0.15, 0.2) is 53.6 Å². The van der Waals surface area contributed by atoms with Gasteiger partial charge in [0, 0.05) is 16.9 Å². The van der Waals surface area contributed by atoms with E-state index in [9.17, 15) is 23.2 Å². The quantitative estimate of drug-likeness (QED) is 0.178. The number of allylic oxidation sites excluding steroid dienone is 1.